The lowest BCUT2D eigenvalue weighted by atomic mass is 9.86. The Labute approximate surface area is 156 Å². The first-order chi connectivity index (χ1) is 12.5. The summed E-state index contributed by atoms with van der Waals surface area (Å²) >= 11 is 0. The zero-order valence-electron chi connectivity index (χ0n) is 16.5. The van der Waals surface area contributed by atoms with Crippen LogP contribution in [-0.4, -0.2) is 80.6 Å². The number of amides is 1. The van der Waals surface area contributed by atoms with Gasteiger partial charge in [-0.1, -0.05) is 12.1 Å². The van der Waals surface area contributed by atoms with Crippen molar-refractivity contribution in [2.24, 2.45) is 0 Å². The van der Waals surface area contributed by atoms with Crippen LogP contribution in [0.3, 0.4) is 0 Å². The van der Waals surface area contributed by atoms with Crippen LogP contribution in [0.5, 0.6) is 11.5 Å². The van der Waals surface area contributed by atoms with Gasteiger partial charge in [0.2, 0.25) is 5.91 Å². The molecule has 0 aromatic heterocycles. The second-order valence-electron chi connectivity index (χ2n) is 7.57. The predicted molar refractivity (Wildman–Crippen MR) is 102 cm³/mol. The first-order valence-corrected chi connectivity index (χ1v) is 9.36. The van der Waals surface area contributed by atoms with Gasteiger partial charge in [0.1, 0.15) is 0 Å². The lowest BCUT2D eigenvalue weighted by molar-refractivity contribution is -0.129. The molecule has 2 heterocycles. The standard InChI is InChI=1S/C20H31N3O3/c1-21-11-10-20(9-8-18(21)24)15-23(13-12-22(20)2)14-16-6-5-7-17(25-3)19(16)26-4/h5-7H,8-15H2,1-4H3/t20-/m0/s1. The average Bonchev–Trinajstić information content (AvgIpc) is 2.79. The minimum absolute atomic E-state index is 0.0742. The summed E-state index contributed by atoms with van der Waals surface area (Å²) in [6.45, 7) is 4.68. The topological polar surface area (TPSA) is 45.2 Å². The first kappa shape index (κ1) is 19.0. The molecule has 0 radical (unpaired) electrons. The number of likely N-dealkylation sites (tertiary alicyclic amines) is 1. The van der Waals surface area contributed by atoms with E-state index in [1.165, 1.54) is 0 Å². The van der Waals surface area contributed by atoms with Gasteiger partial charge in [-0.25, -0.2) is 0 Å². The van der Waals surface area contributed by atoms with Gasteiger partial charge in [-0.2, -0.15) is 0 Å². The number of carbonyl (C=O) groups is 1. The number of nitrogens with zero attached hydrogens (tertiary/aromatic N) is 3. The molecule has 1 atom stereocenters. The fourth-order valence-corrected chi connectivity index (χ4v) is 4.29. The third kappa shape index (κ3) is 3.67. The van der Waals surface area contributed by atoms with E-state index in [9.17, 15) is 4.79 Å². The molecule has 1 aromatic rings. The molecule has 1 spiro atoms. The van der Waals surface area contributed by atoms with Crippen LogP contribution < -0.4 is 9.47 Å². The highest BCUT2D eigenvalue weighted by Crippen LogP contribution is 2.35. The maximum atomic E-state index is 12.1. The van der Waals surface area contributed by atoms with Gasteiger partial charge in [0.05, 0.1) is 14.2 Å². The van der Waals surface area contributed by atoms with Crippen molar-refractivity contribution < 1.29 is 14.3 Å². The van der Waals surface area contributed by atoms with Crippen LogP contribution in [0.15, 0.2) is 18.2 Å². The van der Waals surface area contributed by atoms with Gasteiger partial charge < -0.3 is 14.4 Å². The van der Waals surface area contributed by atoms with Crippen LogP contribution in [0, 0.1) is 0 Å². The normalized spacial score (nSPS) is 25.4. The van der Waals surface area contributed by atoms with Crippen molar-refractivity contribution >= 4 is 5.91 Å². The van der Waals surface area contributed by atoms with Crippen LogP contribution in [0.25, 0.3) is 0 Å². The maximum absolute atomic E-state index is 12.1. The van der Waals surface area contributed by atoms with E-state index in [0.29, 0.717) is 6.42 Å². The van der Waals surface area contributed by atoms with E-state index in [-0.39, 0.29) is 11.4 Å². The van der Waals surface area contributed by atoms with E-state index in [0.717, 1.165) is 62.6 Å². The summed E-state index contributed by atoms with van der Waals surface area (Å²) in [6, 6.07) is 6.05. The van der Waals surface area contributed by atoms with Gasteiger partial charge in [0, 0.05) is 57.3 Å². The molecule has 0 unspecified atom stereocenters. The second kappa shape index (κ2) is 7.84. The zero-order valence-corrected chi connectivity index (χ0v) is 16.5. The second-order valence-corrected chi connectivity index (χ2v) is 7.57. The van der Waals surface area contributed by atoms with Crippen molar-refractivity contribution in [3.8, 4) is 11.5 Å². The number of hydrogen-bond donors (Lipinski definition) is 0. The van der Waals surface area contributed by atoms with Gasteiger partial charge >= 0.3 is 0 Å². The van der Waals surface area contributed by atoms with E-state index >= 15 is 0 Å². The number of benzene rings is 1. The van der Waals surface area contributed by atoms with E-state index in [1.807, 2.05) is 24.1 Å². The Hall–Kier alpha value is -1.79. The van der Waals surface area contributed by atoms with Crippen molar-refractivity contribution in [2.45, 2.75) is 31.3 Å². The van der Waals surface area contributed by atoms with Crippen molar-refractivity contribution in [1.29, 1.82) is 0 Å². The molecule has 26 heavy (non-hydrogen) atoms. The fourth-order valence-electron chi connectivity index (χ4n) is 4.29. The van der Waals surface area contributed by atoms with E-state index in [4.69, 9.17) is 9.47 Å². The Balaban J connectivity index is 1.78. The number of methoxy groups -OCH3 is 2. The third-order valence-electron chi connectivity index (χ3n) is 6.10. The summed E-state index contributed by atoms with van der Waals surface area (Å²) in [5.41, 5.74) is 1.22. The van der Waals surface area contributed by atoms with Crippen molar-refractivity contribution in [3.63, 3.8) is 0 Å². The SMILES string of the molecule is COc1cccc(CN2CCN(C)[C@]3(CCC(=O)N(C)CC3)C2)c1OC. The van der Waals surface area contributed by atoms with Gasteiger partial charge in [-0.05, 0) is 26.0 Å². The summed E-state index contributed by atoms with van der Waals surface area (Å²) in [6.07, 6.45) is 2.59. The van der Waals surface area contributed by atoms with Crippen LogP contribution in [0.1, 0.15) is 24.8 Å². The van der Waals surface area contributed by atoms with Crippen LogP contribution in [0.4, 0.5) is 0 Å². The molecular weight excluding hydrogens is 330 g/mol. The molecule has 6 heteroatoms. The molecule has 0 saturated carbocycles. The van der Waals surface area contributed by atoms with Crippen LogP contribution >= 0.6 is 0 Å². The number of likely N-dealkylation sites (N-methyl/N-ethyl adjacent to an activating group) is 1. The largest absolute Gasteiger partial charge is 0.493 e. The lowest BCUT2D eigenvalue weighted by Crippen LogP contribution is -2.60. The highest BCUT2D eigenvalue weighted by molar-refractivity contribution is 5.76. The first-order valence-electron chi connectivity index (χ1n) is 9.36. The number of ether oxygens (including phenoxy) is 2. The third-order valence-corrected chi connectivity index (χ3v) is 6.10. The Bertz CT molecular complexity index is 651. The van der Waals surface area contributed by atoms with Gasteiger partial charge in [-0.15, -0.1) is 0 Å². The van der Waals surface area contributed by atoms with Gasteiger partial charge in [0.25, 0.3) is 0 Å². The molecule has 2 aliphatic rings. The number of para-hydroxylation sites is 1. The molecule has 1 aromatic carbocycles. The minimum atomic E-state index is 0.0742. The molecule has 2 aliphatic heterocycles. The summed E-state index contributed by atoms with van der Waals surface area (Å²) < 4.78 is 11.0. The maximum Gasteiger partial charge on any atom is 0.222 e. The number of carbonyl (C=O) groups excluding carboxylic acids is 1. The molecule has 6 nitrogen and oxygen atoms in total. The quantitative estimate of drug-likeness (QED) is 0.819. The minimum Gasteiger partial charge on any atom is -0.493 e. The van der Waals surface area contributed by atoms with Crippen molar-refractivity contribution in [2.75, 3.05) is 54.5 Å². The molecule has 0 bridgehead atoms. The lowest BCUT2D eigenvalue weighted by Gasteiger charge is -2.49. The molecular formula is C20H31N3O3. The molecule has 2 saturated heterocycles. The molecule has 0 aliphatic carbocycles. The molecule has 3 rings (SSSR count). The highest BCUT2D eigenvalue weighted by Gasteiger charge is 2.41. The smallest absolute Gasteiger partial charge is 0.222 e. The molecule has 1 amide bonds. The predicted octanol–water partition coefficient (Wildman–Crippen LogP) is 1.83. The van der Waals surface area contributed by atoms with Crippen LogP contribution in [-0.2, 0) is 11.3 Å². The monoisotopic (exact) mass is 361 g/mol. The molecule has 144 valence electrons. The summed E-state index contributed by atoms with van der Waals surface area (Å²) in [4.78, 5) is 19.0. The Morgan fingerprint density at radius 3 is 2.62 bits per heavy atom. The fraction of sp³-hybridized carbons (Fsp3) is 0.650. The van der Waals surface area contributed by atoms with Crippen LogP contribution in [0.2, 0.25) is 0 Å². The Morgan fingerprint density at radius 1 is 1.08 bits per heavy atom. The van der Waals surface area contributed by atoms with Crippen molar-refractivity contribution in [1.82, 2.24) is 14.7 Å². The Kier molecular flexibility index (Phi) is 5.73. The highest BCUT2D eigenvalue weighted by atomic mass is 16.5. The molecule has 0 N–H and O–H groups in total. The van der Waals surface area contributed by atoms with E-state index < -0.39 is 0 Å². The zero-order chi connectivity index (χ0) is 18.7. The average molecular weight is 361 g/mol. The Morgan fingerprint density at radius 2 is 1.88 bits per heavy atom. The number of hydrogen-bond acceptors (Lipinski definition) is 5. The van der Waals surface area contributed by atoms with Gasteiger partial charge in [-0.3, -0.25) is 14.6 Å². The van der Waals surface area contributed by atoms with Gasteiger partial charge in [0.15, 0.2) is 11.5 Å². The number of rotatable bonds is 4. The molecule has 2 fully saturated rings. The summed E-state index contributed by atoms with van der Waals surface area (Å²) in [7, 11) is 7.49. The summed E-state index contributed by atoms with van der Waals surface area (Å²) in [5, 5.41) is 0. The van der Waals surface area contributed by atoms with E-state index in [1.54, 1.807) is 14.2 Å². The van der Waals surface area contributed by atoms with E-state index in [2.05, 4.69) is 22.9 Å². The van der Waals surface area contributed by atoms with Crippen molar-refractivity contribution in [3.05, 3.63) is 23.8 Å². The summed E-state index contributed by atoms with van der Waals surface area (Å²) in [5.74, 6) is 1.86. The number of piperazine rings is 1.